The molecule has 0 radical (unpaired) electrons. The van der Waals surface area contributed by atoms with E-state index in [1.165, 1.54) is 17.3 Å². The van der Waals surface area contributed by atoms with Crippen LogP contribution in [-0.2, 0) is 6.54 Å². The van der Waals surface area contributed by atoms with Gasteiger partial charge in [0.15, 0.2) is 0 Å². The number of nitrogens with one attached hydrogen (secondary N) is 1. The van der Waals surface area contributed by atoms with Crippen molar-refractivity contribution in [1.29, 1.82) is 5.41 Å². The zero-order valence-corrected chi connectivity index (χ0v) is 17.0. The van der Waals surface area contributed by atoms with Crippen molar-refractivity contribution >= 4 is 33.7 Å². The van der Waals surface area contributed by atoms with Crippen LogP contribution in [0.3, 0.4) is 0 Å². The number of rotatable bonds is 5. The molecule has 0 spiro atoms. The van der Waals surface area contributed by atoms with Gasteiger partial charge in [-0.25, -0.2) is 0 Å². The summed E-state index contributed by atoms with van der Waals surface area (Å²) in [7, 11) is 0. The van der Waals surface area contributed by atoms with Gasteiger partial charge in [-0.05, 0) is 42.4 Å². The normalized spacial score (nSPS) is 11.9. The molecule has 0 aliphatic heterocycles. The van der Waals surface area contributed by atoms with Crippen LogP contribution in [0.25, 0.3) is 11.3 Å². The maximum atomic E-state index is 6.08. The zero-order chi connectivity index (χ0) is 18.1. The maximum absolute atomic E-state index is 6.08. The van der Waals surface area contributed by atoms with Crippen LogP contribution >= 0.6 is 27.5 Å². The Hall–Kier alpha value is -1.39. The highest BCUT2D eigenvalue weighted by Gasteiger charge is 2.20. The lowest BCUT2D eigenvalue weighted by molar-refractivity contribution is 0.643. The summed E-state index contributed by atoms with van der Waals surface area (Å²) in [5.41, 5.74) is 6.18. The van der Waals surface area contributed by atoms with E-state index in [2.05, 4.69) is 61.0 Å². The Kier molecular flexibility index (Phi) is 9.01. The van der Waals surface area contributed by atoms with Gasteiger partial charge in [-0.1, -0.05) is 61.4 Å². The van der Waals surface area contributed by atoms with E-state index in [4.69, 9.17) is 22.1 Å². The fraction of sp³-hybridized carbons (Fsp3) is 0.368. The standard InChI is InChI=1S/C17H20BrClN2.C2H5N/c1-4-13(3)16-15(18)17(21(20-16)11-5-10-19)14-8-6-12(2)7-9-14;1-2-3/h5-10,13H,4,11H2,1-3H3;2-3H,1H3/b10-5+;. The summed E-state index contributed by atoms with van der Waals surface area (Å²) in [5.74, 6) is 0.421. The molecule has 1 aromatic heterocycles. The molecule has 2 aromatic rings. The Morgan fingerprint density at radius 1 is 1.33 bits per heavy atom. The highest BCUT2D eigenvalue weighted by molar-refractivity contribution is 9.10. The van der Waals surface area contributed by atoms with Gasteiger partial charge in [0.05, 0.1) is 22.4 Å². The van der Waals surface area contributed by atoms with Crippen LogP contribution in [0.1, 0.15) is 44.4 Å². The third-order valence-corrected chi connectivity index (χ3v) is 4.65. The minimum absolute atomic E-state index is 0.421. The number of allylic oxidation sites excluding steroid dienone is 1. The Morgan fingerprint density at radius 3 is 2.42 bits per heavy atom. The molecule has 0 bridgehead atoms. The Balaban J connectivity index is 0.000000891. The van der Waals surface area contributed by atoms with E-state index >= 15 is 0 Å². The number of hydrogen-bond acceptors (Lipinski definition) is 2. The molecule has 0 saturated heterocycles. The second-order valence-corrected chi connectivity index (χ2v) is 6.60. The van der Waals surface area contributed by atoms with Crippen LogP contribution < -0.4 is 0 Å². The predicted molar refractivity (Wildman–Crippen MR) is 108 cm³/mol. The topological polar surface area (TPSA) is 41.7 Å². The predicted octanol–water partition coefficient (Wildman–Crippen LogP) is 6.54. The third kappa shape index (κ3) is 5.32. The first-order valence-corrected chi connectivity index (χ1v) is 9.26. The van der Waals surface area contributed by atoms with Crippen molar-refractivity contribution in [3.8, 4) is 11.3 Å². The lowest BCUT2D eigenvalue weighted by Gasteiger charge is -2.06. The lowest BCUT2D eigenvalue weighted by atomic mass is 10.0. The lowest BCUT2D eigenvalue weighted by Crippen LogP contribution is -2.01. The first-order chi connectivity index (χ1) is 11.5. The molecule has 1 N–H and O–H groups in total. The van der Waals surface area contributed by atoms with Gasteiger partial charge in [0, 0.05) is 17.0 Å². The second kappa shape index (κ2) is 10.5. The summed E-state index contributed by atoms with van der Waals surface area (Å²) in [4.78, 5) is 0. The average molecular weight is 411 g/mol. The molecule has 1 unspecified atom stereocenters. The van der Waals surface area contributed by atoms with Gasteiger partial charge in [-0.3, -0.25) is 4.68 Å². The van der Waals surface area contributed by atoms with Crippen molar-refractivity contribution in [2.45, 2.75) is 46.6 Å². The molecule has 24 heavy (non-hydrogen) atoms. The van der Waals surface area contributed by atoms with Crippen LogP contribution in [-0.4, -0.2) is 16.0 Å². The number of hydrogen-bond donors (Lipinski definition) is 1. The quantitative estimate of drug-likeness (QED) is 0.558. The Labute approximate surface area is 158 Å². The summed E-state index contributed by atoms with van der Waals surface area (Å²) >= 11 is 9.42. The Morgan fingerprint density at radius 2 is 1.92 bits per heavy atom. The van der Waals surface area contributed by atoms with E-state index in [1.807, 2.05) is 10.8 Å². The smallest absolute Gasteiger partial charge is 0.0831 e. The molecular formula is C19H25BrClN3. The van der Waals surface area contributed by atoms with Crippen molar-refractivity contribution in [2.75, 3.05) is 0 Å². The molecule has 1 atom stereocenters. The van der Waals surface area contributed by atoms with E-state index in [0.717, 1.165) is 27.8 Å². The second-order valence-electron chi connectivity index (χ2n) is 5.56. The largest absolute Gasteiger partial charge is 0.313 e. The van der Waals surface area contributed by atoms with E-state index in [-0.39, 0.29) is 0 Å². The van der Waals surface area contributed by atoms with Gasteiger partial charge >= 0.3 is 0 Å². The van der Waals surface area contributed by atoms with Crippen molar-refractivity contribution in [1.82, 2.24) is 9.78 Å². The summed E-state index contributed by atoms with van der Waals surface area (Å²) in [5, 5.41) is 10.9. The minimum atomic E-state index is 0.421. The first kappa shape index (κ1) is 20.7. The van der Waals surface area contributed by atoms with Crippen LogP contribution in [0.2, 0.25) is 0 Å². The van der Waals surface area contributed by atoms with Gasteiger partial charge in [0.25, 0.3) is 0 Å². The monoisotopic (exact) mass is 409 g/mol. The molecule has 2 rings (SSSR count). The molecule has 0 aliphatic carbocycles. The van der Waals surface area contributed by atoms with Crippen molar-refractivity contribution in [3.63, 3.8) is 0 Å². The fourth-order valence-electron chi connectivity index (χ4n) is 2.23. The van der Waals surface area contributed by atoms with Gasteiger partial charge in [0.1, 0.15) is 0 Å². The van der Waals surface area contributed by atoms with Crippen molar-refractivity contribution < 1.29 is 0 Å². The Bertz CT molecular complexity index is 675. The summed E-state index contributed by atoms with van der Waals surface area (Å²) in [6.07, 6.45) is 4.22. The molecule has 1 heterocycles. The highest BCUT2D eigenvalue weighted by Crippen LogP contribution is 2.35. The van der Waals surface area contributed by atoms with Crippen molar-refractivity contribution in [2.24, 2.45) is 0 Å². The highest BCUT2D eigenvalue weighted by atomic mass is 79.9. The number of halogens is 2. The van der Waals surface area contributed by atoms with E-state index < -0.39 is 0 Å². The zero-order valence-electron chi connectivity index (χ0n) is 14.7. The van der Waals surface area contributed by atoms with E-state index in [1.54, 1.807) is 6.92 Å². The van der Waals surface area contributed by atoms with Crippen LogP contribution in [0.4, 0.5) is 0 Å². The number of aromatic nitrogens is 2. The van der Waals surface area contributed by atoms with Gasteiger partial charge < -0.3 is 5.41 Å². The molecule has 0 fully saturated rings. The molecule has 1 aromatic carbocycles. The van der Waals surface area contributed by atoms with Crippen molar-refractivity contribution in [3.05, 3.63) is 51.6 Å². The third-order valence-electron chi connectivity index (χ3n) is 3.69. The fourth-order valence-corrected chi connectivity index (χ4v) is 3.21. The molecule has 0 amide bonds. The SMILES string of the molecule is CC=N.CCC(C)c1nn(C/C=C/Cl)c(-c2ccc(C)cc2)c1Br. The minimum Gasteiger partial charge on any atom is -0.313 e. The summed E-state index contributed by atoms with van der Waals surface area (Å²) < 4.78 is 3.10. The van der Waals surface area contributed by atoms with Crippen LogP contribution in [0.15, 0.2) is 40.3 Å². The van der Waals surface area contributed by atoms with E-state index in [9.17, 15) is 0 Å². The first-order valence-electron chi connectivity index (χ1n) is 8.03. The number of nitrogens with zero attached hydrogens (tertiary/aromatic N) is 2. The summed E-state index contributed by atoms with van der Waals surface area (Å²) in [6, 6.07) is 8.52. The van der Waals surface area contributed by atoms with Gasteiger partial charge in [-0.2, -0.15) is 5.10 Å². The molecule has 0 saturated carbocycles. The molecule has 0 aliphatic rings. The maximum Gasteiger partial charge on any atom is 0.0831 e. The number of aryl methyl sites for hydroxylation is 1. The summed E-state index contributed by atoms with van der Waals surface area (Å²) in [6.45, 7) is 8.81. The van der Waals surface area contributed by atoms with Crippen LogP contribution in [0.5, 0.6) is 0 Å². The van der Waals surface area contributed by atoms with Gasteiger partial charge in [-0.15, -0.1) is 0 Å². The number of benzene rings is 1. The molecule has 3 nitrogen and oxygen atoms in total. The molecular weight excluding hydrogens is 386 g/mol. The van der Waals surface area contributed by atoms with Crippen LogP contribution in [0, 0.1) is 12.3 Å². The average Bonchev–Trinajstić information content (AvgIpc) is 2.90. The van der Waals surface area contributed by atoms with E-state index in [0.29, 0.717) is 12.5 Å². The van der Waals surface area contributed by atoms with Gasteiger partial charge in [0.2, 0.25) is 0 Å². The molecule has 130 valence electrons. The molecule has 5 heteroatoms.